The molecular weight excluding hydrogens is 298 g/mol. The Morgan fingerprint density at radius 3 is 2.36 bits per heavy atom. The summed E-state index contributed by atoms with van der Waals surface area (Å²) in [6, 6.07) is -2.17. The van der Waals surface area contributed by atoms with E-state index in [0.717, 1.165) is 6.08 Å². The molecule has 0 aromatic rings. The summed E-state index contributed by atoms with van der Waals surface area (Å²) in [6.45, 7) is 3.48. The van der Waals surface area contributed by atoms with Crippen LogP contribution in [-0.4, -0.2) is 80.4 Å². The number of aliphatic hydroxyl groups excluding tert-OH is 5. The Morgan fingerprint density at radius 1 is 1.14 bits per heavy atom. The highest BCUT2D eigenvalue weighted by Crippen LogP contribution is 2.24. The van der Waals surface area contributed by atoms with Crippen LogP contribution in [-0.2, 0) is 14.3 Å². The van der Waals surface area contributed by atoms with Crippen LogP contribution in [0.25, 0.3) is 0 Å². The molecule has 6 N–H and O–H groups in total. The molecule has 9 heteroatoms. The lowest BCUT2D eigenvalue weighted by atomic mass is 9.88. The van der Waals surface area contributed by atoms with Crippen LogP contribution < -0.4 is 5.32 Å². The summed E-state index contributed by atoms with van der Waals surface area (Å²) in [4.78, 5) is 22.3. The maximum absolute atomic E-state index is 11.5. The molecule has 0 aromatic carbocycles. The number of aliphatic hydroxyl groups is 5. The molecule has 0 bridgehead atoms. The Kier molecular flexibility index (Phi) is 4.75. The van der Waals surface area contributed by atoms with Gasteiger partial charge in [-0.3, -0.25) is 14.9 Å². The second kappa shape index (κ2) is 6.24. The van der Waals surface area contributed by atoms with Crippen molar-refractivity contribution in [1.82, 2.24) is 5.32 Å². The van der Waals surface area contributed by atoms with E-state index in [1.165, 1.54) is 0 Å². The lowest BCUT2D eigenvalue weighted by Crippen LogP contribution is -2.62. The third-order valence-electron chi connectivity index (χ3n) is 3.71. The van der Waals surface area contributed by atoms with E-state index in [0.29, 0.717) is 0 Å². The van der Waals surface area contributed by atoms with Gasteiger partial charge in [-0.25, -0.2) is 0 Å². The minimum absolute atomic E-state index is 0.107. The van der Waals surface area contributed by atoms with Gasteiger partial charge in [0.25, 0.3) is 0 Å². The van der Waals surface area contributed by atoms with Gasteiger partial charge in [0.05, 0.1) is 17.7 Å². The molecular formula is C13H17NO8. The summed E-state index contributed by atoms with van der Waals surface area (Å²) in [6.07, 6.45) is -6.80. The lowest BCUT2D eigenvalue weighted by molar-refractivity contribution is -0.204. The average molecular weight is 315 g/mol. The second-order valence-electron chi connectivity index (χ2n) is 5.17. The normalized spacial score (nSPS) is 42.6. The first-order valence-corrected chi connectivity index (χ1v) is 6.51. The first-order chi connectivity index (χ1) is 10.3. The fourth-order valence-electron chi connectivity index (χ4n) is 2.39. The number of ether oxygens (including phenoxy) is 1. The SMILES string of the molecule is C=C1OC(O)C(O)C(O)C1NC1C=C(C=O)C(=O)C(O)C1O. The van der Waals surface area contributed by atoms with Crippen molar-refractivity contribution in [3.05, 3.63) is 24.0 Å². The zero-order valence-electron chi connectivity index (χ0n) is 11.4. The molecule has 7 atom stereocenters. The monoisotopic (exact) mass is 315 g/mol. The van der Waals surface area contributed by atoms with E-state index in [1.807, 2.05) is 0 Å². The number of nitrogens with one attached hydrogen (secondary N) is 1. The van der Waals surface area contributed by atoms with E-state index in [1.54, 1.807) is 0 Å². The van der Waals surface area contributed by atoms with Crippen molar-refractivity contribution < 1.29 is 39.9 Å². The van der Waals surface area contributed by atoms with Crippen LogP contribution in [0.2, 0.25) is 0 Å². The van der Waals surface area contributed by atoms with Crippen LogP contribution in [0.15, 0.2) is 24.0 Å². The van der Waals surface area contributed by atoms with Crippen molar-refractivity contribution in [2.75, 3.05) is 0 Å². The Labute approximate surface area is 125 Å². The van der Waals surface area contributed by atoms with Gasteiger partial charge in [-0.1, -0.05) is 12.7 Å². The molecule has 1 saturated heterocycles. The number of Topliss-reactive ketones (excluding diaryl/α,β-unsaturated/α-hetero) is 1. The number of aldehydes is 1. The van der Waals surface area contributed by atoms with Gasteiger partial charge >= 0.3 is 0 Å². The van der Waals surface area contributed by atoms with Gasteiger partial charge in [0.2, 0.25) is 6.29 Å². The summed E-state index contributed by atoms with van der Waals surface area (Å²) in [5.41, 5.74) is -0.326. The zero-order chi connectivity index (χ0) is 16.6. The van der Waals surface area contributed by atoms with Gasteiger partial charge in [-0.15, -0.1) is 0 Å². The van der Waals surface area contributed by atoms with E-state index < -0.39 is 48.6 Å². The molecule has 1 heterocycles. The Hall–Kier alpha value is -1.62. The molecule has 0 spiro atoms. The Bertz CT molecular complexity index is 518. The van der Waals surface area contributed by atoms with Crippen molar-refractivity contribution >= 4 is 12.1 Å². The van der Waals surface area contributed by atoms with Crippen molar-refractivity contribution in [2.24, 2.45) is 0 Å². The van der Waals surface area contributed by atoms with Gasteiger partial charge in [-0.2, -0.15) is 0 Å². The number of rotatable bonds is 3. The largest absolute Gasteiger partial charge is 0.465 e. The van der Waals surface area contributed by atoms with Crippen LogP contribution in [0, 0.1) is 0 Å². The van der Waals surface area contributed by atoms with E-state index in [4.69, 9.17) is 4.74 Å². The van der Waals surface area contributed by atoms with E-state index in [-0.39, 0.29) is 17.6 Å². The number of hydrogen-bond acceptors (Lipinski definition) is 9. The highest BCUT2D eigenvalue weighted by atomic mass is 16.6. The third-order valence-corrected chi connectivity index (χ3v) is 3.71. The highest BCUT2D eigenvalue weighted by Gasteiger charge is 2.44. The van der Waals surface area contributed by atoms with Gasteiger partial charge in [-0.05, 0) is 0 Å². The molecule has 0 radical (unpaired) electrons. The fourth-order valence-corrected chi connectivity index (χ4v) is 2.39. The Balaban J connectivity index is 2.21. The van der Waals surface area contributed by atoms with Crippen LogP contribution in [0.5, 0.6) is 0 Å². The first kappa shape index (κ1) is 16.7. The maximum atomic E-state index is 11.5. The minimum Gasteiger partial charge on any atom is -0.465 e. The van der Waals surface area contributed by atoms with E-state index in [9.17, 15) is 35.1 Å². The molecule has 1 aliphatic heterocycles. The Morgan fingerprint density at radius 2 is 1.77 bits per heavy atom. The lowest BCUT2D eigenvalue weighted by Gasteiger charge is -2.40. The van der Waals surface area contributed by atoms with Crippen LogP contribution in [0.3, 0.4) is 0 Å². The minimum atomic E-state index is -1.80. The van der Waals surface area contributed by atoms with Crippen LogP contribution >= 0.6 is 0 Å². The quantitative estimate of drug-likeness (QED) is 0.228. The van der Waals surface area contributed by atoms with Crippen molar-refractivity contribution in [2.45, 2.75) is 42.8 Å². The van der Waals surface area contributed by atoms with Crippen molar-refractivity contribution in [1.29, 1.82) is 0 Å². The molecule has 1 fully saturated rings. The van der Waals surface area contributed by atoms with Gasteiger partial charge in [0, 0.05) is 0 Å². The molecule has 0 amide bonds. The number of carbonyl (C=O) groups is 2. The summed E-state index contributed by atoms with van der Waals surface area (Å²) in [5.74, 6) is -1.01. The third kappa shape index (κ3) is 2.82. The molecule has 122 valence electrons. The molecule has 0 aromatic heterocycles. The summed E-state index contributed by atoms with van der Waals surface area (Å²) < 4.78 is 4.85. The van der Waals surface area contributed by atoms with Gasteiger partial charge in [0.1, 0.15) is 30.2 Å². The first-order valence-electron chi connectivity index (χ1n) is 6.51. The van der Waals surface area contributed by atoms with E-state index >= 15 is 0 Å². The topological polar surface area (TPSA) is 157 Å². The van der Waals surface area contributed by atoms with Crippen molar-refractivity contribution in [3.63, 3.8) is 0 Å². The molecule has 0 saturated carbocycles. The molecule has 7 unspecified atom stereocenters. The number of hydrogen-bond donors (Lipinski definition) is 6. The summed E-state index contributed by atoms with van der Waals surface area (Å²) >= 11 is 0. The summed E-state index contributed by atoms with van der Waals surface area (Å²) in [5, 5.41) is 51.0. The second-order valence-corrected chi connectivity index (χ2v) is 5.17. The number of carbonyl (C=O) groups excluding carboxylic acids is 2. The fraction of sp³-hybridized carbons (Fsp3) is 0.538. The molecule has 2 aliphatic rings. The van der Waals surface area contributed by atoms with Crippen LogP contribution in [0.4, 0.5) is 0 Å². The van der Waals surface area contributed by atoms with Crippen LogP contribution in [0.1, 0.15) is 0 Å². The van der Waals surface area contributed by atoms with Gasteiger partial charge in [0.15, 0.2) is 12.1 Å². The van der Waals surface area contributed by atoms with Gasteiger partial charge < -0.3 is 30.3 Å². The average Bonchev–Trinajstić information content (AvgIpc) is 2.49. The molecule has 1 aliphatic carbocycles. The maximum Gasteiger partial charge on any atom is 0.225 e. The standard InChI is InChI=1S/C13H17NO8/c1-4-7(10(18)12(20)13(21)22-4)14-6-2-5(3-15)8(16)11(19)9(6)17/h2-3,6-7,9-14,17-21H,1H2. The zero-order valence-corrected chi connectivity index (χ0v) is 11.4. The molecule has 22 heavy (non-hydrogen) atoms. The smallest absolute Gasteiger partial charge is 0.225 e. The number of ketones is 1. The van der Waals surface area contributed by atoms with Crippen molar-refractivity contribution in [3.8, 4) is 0 Å². The predicted molar refractivity (Wildman–Crippen MR) is 70.1 cm³/mol. The summed E-state index contributed by atoms with van der Waals surface area (Å²) in [7, 11) is 0. The highest BCUT2D eigenvalue weighted by molar-refractivity contribution is 6.14. The molecule has 9 nitrogen and oxygen atoms in total. The predicted octanol–water partition coefficient (Wildman–Crippen LogP) is -3.67. The van der Waals surface area contributed by atoms with E-state index in [2.05, 4.69) is 11.9 Å². The molecule has 2 rings (SSSR count).